The molecule has 0 bridgehead atoms. The lowest BCUT2D eigenvalue weighted by Crippen LogP contribution is -2.49. The summed E-state index contributed by atoms with van der Waals surface area (Å²) in [5.41, 5.74) is -0.0290. The van der Waals surface area contributed by atoms with E-state index in [0.717, 1.165) is 0 Å². The van der Waals surface area contributed by atoms with Crippen LogP contribution >= 0.6 is 23.2 Å². The summed E-state index contributed by atoms with van der Waals surface area (Å²) in [6.45, 7) is 6.58. The molecule has 0 unspecified atom stereocenters. The molecule has 36 heavy (non-hydrogen) atoms. The molecule has 1 saturated heterocycles. The molecule has 2 aliphatic rings. The Morgan fingerprint density at radius 3 is 2.64 bits per heavy atom. The Bertz CT molecular complexity index is 1170. The van der Waals surface area contributed by atoms with E-state index in [0.29, 0.717) is 42.1 Å². The second kappa shape index (κ2) is 10.3. The zero-order chi connectivity index (χ0) is 26.3. The Balaban J connectivity index is 1.91. The molecule has 4 rings (SSSR count). The molecule has 1 spiro atoms. The van der Waals surface area contributed by atoms with Gasteiger partial charge in [0.25, 0.3) is 0 Å². The highest BCUT2D eigenvalue weighted by Crippen LogP contribution is 2.57. The lowest BCUT2D eigenvalue weighted by Gasteiger charge is -2.37. The van der Waals surface area contributed by atoms with Crippen molar-refractivity contribution in [1.82, 2.24) is 10.6 Å². The van der Waals surface area contributed by atoms with Gasteiger partial charge in [-0.2, -0.15) is 0 Å². The second-order valence-electron chi connectivity index (χ2n) is 10.8. The van der Waals surface area contributed by atoms with Gasteiger partial charge in [0.15, 0.2) is 0 Å². The molecule has 0 aliphatic carbocycles. The van der Waals surface area contributed by atoms with Crippen LogP contribution in [0.1, 0.15) is 57.1 Å². The molecule has 0 saturated carbocycles. The van der Waals surface area contributed by atoms with Gasteiger partial charge in [0.05, 0.1) is 11.1 Å². The van der Waals surface area contributed by atoms with Gasteiger partial charge in [-0.3, -0.25) is 9.59 Å². The minimum atomic E-state index is -1.27. The summed E-state index contributed by atoms with van der Waals surface area (Å²) in [6.07, 6.45) is 1.71. The first kappa shape index (κ1) is 26.9. The zero-order valence-electron chi connectivity index (χ0n) is 20.6. The highest BCUT2D eigenvalue weighted by Gasteiger charge is 2.66. The largest absolute Gasteiger partial charge is 0.396 e. The van der Waals surface area contributed by atoms with Crippen molar-refractivity contribution in [1.29, 1.82) is 0 Å². The summed E-state index contributed by atoms with van der Waals surface area (Å²) in [5, 5.41) is 18.8. The highest BCUT2D eigenvalue weighted by atomic mass is 35.5. The first-order chi connectivity index (χ1) is 17.0. The summed E-state index contributed by atoms with van der Waals surface area (Å²) in [5.74, 6) is -2.15. The van der Waals surface area contributed by atoms with E-state index in [2.05, 4.69) is 36.7 Å². The van der Waals surface area contributed by atoms with Crippen LogP contribution in [0.25, 0.3) is 0 Å². The van der Waals surface area contributed by atoms with Crippen LogP contribution in [0.15, 0.2) is 36.4 Å². The normalized spacial score (nSPS) is 25.2. The predicted molar refractivity (Wildman–Crippen MR) is 140 cm³/mol. The number of anilines is 1. The first-order valence-corrected chi connectivity index (χ1v) is 13.0. The van der Waals surface area contributed by atoms with Gasteiger partial charge in [-0.05, 0) is 54.0 Å². The fraction of sp³-hybridized carbons (Fsp3) is 0.481. The Hall–Kier alpha value is -2.19. The van der Waals surface area contributed by atoms with Gasteiger partial charge in [0.2, 0.25) is 11.8 Å². The second-order valence-corrected chi connectivity index (χ2v) is 11.7. The minimum absolute atomic E-state index is 0.0319. The first-order valence-electron chi connectivity index (χ1n) is 12.2. The number of halogens is 3. The van der Waals surface area contributed by atoms with Crippen LogP contribution < -0.4 is 16.0 Å². The molecule has 4 atom stereocenters. The van der Waals surface area contributed by atoms with E-state index in [9.17, 15) is 9.59 Å². The molecular formula is C27H32Cl2FN3O3. The minimum Gasteiger partial charge on any atom is -0.396 e. The summed E-state index contributed by atoms with van der Waals surface area (Å²) in [6, 6.07) is 8.51. The van der Waals surface area contributed by atoms with E-state index < -0.39 is 29.2 Å². The SMILES string of the molecule is CC(C)(C)C[C@H]1N[C@@H](C(=O)NCCCCO)[C@H](c2cccc(Cl)c2F)[C@@]12C(=O)Nc1cc(Cl)ccc12. The summed E-state index contributed by atoms with van der Waals surface area (Å²) >= 11 is 12.4. The molecule has 1 fully saturated rings. The number of amides is 2. The Morgan fingerprint density at radius 2 is 1.94 bits per heavy atom. The molecule has 2 aromatic rings. The van der Waals surface area contributed by atoms with E-state index in [-0.39, 0.29) is 34.4 Å². The maximum atomic E-state index is 15.6. The number of rotatable bonds is 7. The molecule has 6 nitrogen and oxygen atoms in total. The van der Waals surface area contributed by atoms with Crippen molar-refractivity contribution in [3.63, 3.8) is 0 Å². The number of benzene rings is 2. The average molecular weight is 536 g/mol. The van der Waals surface area contributed by atoms with Gasteiger partial charge in [0, 0.05) is 35.8 Å². The lowest BCUT2D eigenvalue weighted by atomic mass is 9.62. The number of carbonyl (C=O) groups excluding carboxylic acids is 2. The molecular weight excluding hydrogens is 504 g/mol. The van der Waals surface area contributed by atoms with Crippen LogP contribution in [0, 0.1) is 11.2 Å². The van der Waals surface area contributed by atoms with Crippen molar-refractivity contribution >= 4 is 40.7 Å². The van der Waals surface area contributed by atoms with Gasteiger partial charge in [-0.15, -0.1) is 0 Å². The molecule has 0 aromatic heterocycles. The number of unbranched alkanes of at least 4 members (excludes halogenated alkanes) is 1. The summed E-state index contributed by atoms with van der Waals surface area (Å²) < 4.78 is 15.6. The smallest absolute Gasteiger partial charge is 0.237 e. The monoisotopic (exact) mass is 535 g/mol. The standard InChI is InChI=1S/C27H32Cl2FN3O3/c1-26(2,3)14-20-27(17-10-9-15(28)13-19(17)32-25(27)36)21(16-7-6-8-18(29)22(16)30)23(33-20)24(35)31-11-4-5-12-34/h6-10,13,20-21,23,33-34H,4-5,11-12,14H2,1-3H3,(H,31,35)(H,32,36)/t20-,21+,23-,27+/m1/s1. The third kappa shape index (κ3) is 4.74. The van der Waals surface area contributed by atoms with E-state index in [4.69, 9.17) is 28.3 Å². The van der Waals surface area contributed by atoms with Gasteiger partial charge in [-0.25, -0.2) is 4.39 Å². The van der Waals surface area contributed by atoms with Gasteiger partial charge < -0.3 is 21.1 Å². The van der Waals surface area contributed by atoms with E-state index in [1.165, 1.54) is 6.07 Å². The fourth-order valence-corrected chi connectivity index (χ4v) is 6.06. The molecule has 2 aliphatic heterocycles. The summed E-state index contributed by atoms with van der Waals surface area (Å²) in [7, 11) is 0. The number of aliphatic hydroxyl groups excluding tert-OH is 1. The van der Waals surface area contributed by atoms with Crippen molar-refractivity contribution in [2.24, 2.45) is 5.41 Å². The lowest BCUT2D eigenvalue weighted by molar-refractivity contribution is -0.123. The molecule has 4 N–H and O–H groups in total. The molecule has 194 valence electrons. The fourth-order valence-electron chi connectivity index (χ4n) is 5.71. The highest BCUT2D eigenvalue weighted by molar-refractivity contribution is 6.31. The Labute approximate surface area is 220 Å². The number of aliphatic hydroxyl groups is 1. The molecule has 2 heterocycles. The van der Waals surface area contributed by atoms with E-state index in [1.54, 1.807) is 30.3 Å². The van der Waals surface area contributed by atoms with E-state index >= 15 is 4.39 Å². The summed E-state index contributed by atoms with van der Waals surface area (Å²) in [4.78, 5) is 27.6. The van der Waals surface area contributed by atoms with Crippen molar-refractivity contribution < 1.29 is 19.1 Å². The van der Waals surface area contributed by atoms with Crippen molar-refractivity contribution in [3.05, 3.63) is 63.4 Å². The van der Waals surface area contributed by atoms with Crippen LogP contribution in [0.2, 0.25) is 10.0 Å². The third-order valence-corrected chi connectivity index (χ3v) is 7.63. The predicted octanol–water partition coefficient (Wildman–Crippen LogP) is 4.77. The van der Waals surface area contributed by atoms with Crippen molar-refractivity contribution in [2.75, 3.05) is 18.5 Å². The molecule has 2 amide bonds. The van der Waals surface area contributed by atoms with Gasteiger partial charge >= 0.3 is 0 Å². The third-order valence-electron chi connectivity index (χ3n) is 7.11. The van der Waals surface area contributed by atoms with Crippen LogP contribution in [0.4, 0.5) is 10.1 Å². The number of hydrogen-bond donors (Lipinski definition) is 4. The maximum absolute atomic E-state index is 15.6. The Morgan fingerprint density at radius 1 is 1.19 bits per heavy atom. The number of carbonyl (C=O) groups is 2. The Kier molecular flexibility index (Phi) is 7.68. The molecule has 0 radical (unpaired) electrons. The van der Waals surface area contributed by atoms with Crippen molar-refractivity contribution in [3.8, 4) is 0 Å². The van der Waals surface area contributed by atoms with Crippen molar-refractivity contribution in [2.45, 2.75) is 63.5 Å². The van der Waals surface area contributed by atoms with E-state index in [1.807, 2.05) is 0 Å². The number of hydrogen-bond acceptors (Lipinski definition) is 4. The number of fused-ring (bicyclic) bond motifs is 2. The van der Waals surface area contributed by atoms with Crippen LogP contribution in [0.3, 0.4) is 0 Å². The molecule has 2 aromatic carbocycles. The van der Waals surface area contributed by atoms with Crippen LogP contribution in [0.5, 0.6) is 0 Å². The van der Waals surface area contributed by atoms with Crippen LogP contribution in [-0.4, -0.2) is 42.2 Å². The maximum Gasteiger partial charge on any atom is 0.237 e. The quantitative estimate of drug-likeness (QED) is 0.384. The number of nitrogens with one attached hydrogen (secondary N) is 3. The van der Waals surface area contributed by atoms with Gasteiger partial charge in [0.1, 0.15) is 11.2 Å². The topological polar surface area (TPSA) is 90.5 Å². The van der Waals surface area contributed by atoms with Gasteiger partial charge in [-0.1, -0.05) is 62.2 Å². The average Bonchev–Trinajstić information content (AvgIpc) is 3.27. The van der Waals surface area contributed by atoms with Crippen LogP contribution in [-0.2, 0) is 15.0 Å². The zero-order valence-corrected chi connectivity index (χ0v) is 22.1. The molecule has 9 heteroatoms.